The minimum Gasteiger partial charge on any atom is -0.497 e. The standard InChI is InChI=1S/C31H34N2O7/c1-3-38-31(34)21-37-13-12-36-14-15-39-26-18-22(17-25(20-26)35-2)16-23-19-24(10-11-33-23)40-30-9-8-29(32)27-6-4-5-7-28(27)30/h4-11,17-20H,3,12-16,21,32H2,1-2H3. The molecule has 0 radical (unpaired) electrons. The Morgan fingerprint density at radius 1 is 0.850 bits per heavy atom. The topological polar surface area (TPSA) is 111 Å². The van der Waals surface area contributed by atoms with Gasteiger partial charge in [-0.05, 0) is 42.8 Å². The van der Waals surface area contributed by atoms with Crippen LogP contribution in [0.25, 0.3) is 10.8 Å². The van der Waals surface area contributed by atoms with E-state index in [1.807, 2.05) is 66.7 Å². The fraction of sp³-hybridized carbons (Fsp3) is 0.290. The van der Waals surface area contributed by atoms with Crippen LogP contribution in [-0.2, 0) is 25.4 Å². The molecule has 3 aromatic carbocycles. The molecule has 2 N–H and O–H groups in total. The summed E-state index contributed by atoms with van der Waals surface area (Å²) in [5.41, 5.74) is 8.65. The van der Waals surface area contributed by atoms with E-state index in [1.165, 1.54) is 0 Å². The van der Waals surface area contributed by atoms with Gasteiger partial charge in [0.05, 0.1) is 33.5 Å². The molecule has 0 aliphatic rings. The van der Waals surface area contributed by atoms with Gasteiger partial charge in [-0.3, -0.25) is 4.98 Å². The van der Waals surface area contributed by atoms with Crippen LogP contribution in [0.4, 0.5) is 5.69 Å². The van der Waals surface area contributed by atoms with E-state index in [0.29, 0.717) is 62.4 Å². The van der Waals surface area contributed by atoms with Gasteiger partial charge in [-0.2, -0.15) is 0 Å². The quantitative estimate of drug-likeness (QED) is 0.122. The van der Waals surface area contributed by atoms with E-state index in [9.17, 15) is 4.79 Å². The molecule has 0 aliphatic heterocycles. The number of esters is 1. The molecule has 0 aliphatic carbocycles. The summed E-state index contributed by atoms with van der Waals surface area (Å²) in [6.45, 7) is 3.37. The zero-order chi connectivity index (χ0) is 28.2. The number of hydrogen-bond acceptors (Lipinski definition) is 9. The van der Waals surface area contributed by atoms with Crippen molar-refractivity contribution in [1.82, 2.24) is 4.98 Å². The first-order chi connectivity index (χ1) is 19.6. The first kappa shape index (κ1) is 28.7. The van der Waals surface area contributed by atoms with Crippen molar-refractivity contribution in [3.63, 3.8) is 0 Å². The van der Waals surface area contributed by atoms with Crippen LogP contribution in [0.1, 0.15) is 18.2 Å². The van der Waals surface area contributed by atoms with Crippen molar-refractivity contribution in [3.05, 3.63) is 84.2 Å². The van der Waals surface area contributed by atoms with Crippen LogP contribution in [0.5, 0.6) is 23.0 Å². The zero-order valence-electron chi connectivity index (χ0n) is 22.8. The Kier molecular flexibility index (Phi) is 10.5. The number of pyridine rings is 1. The average Bonchev–Trinajstić information content (AvgIpc) is 2.96. The minimum absolute atomic E-state index is 0.0809. The molecule has 0 bridgehead atoms. The molecule has 210 valence electrons. The fourth-order valence-corrected chi connectivity index (χ4v) is 4.07. The van der Waals surface area contributed by atoms with Gasteiger partial charge in [0.15, 0.2) is 0 Å². The number of nitrogens with zero attached hydrogens (tertiary/aromatic N) is 1. The Morgan fingerprint density at radius 3 is 2.45 bits per heavy atom. The van der Waals surface area contributed by atoms with Gasteiger partial charge in [0.25, 0.3) is 0 Å². The summed E-state index contributed by atoms with van der Waals surface area (Å²) in [5, 5.41) is 1.90. The molecule has 4 rings (SSSR count). The van der Waals surface area contributed by atoms with E-state index in [2.05, 4.69) is 4.98 Å². The molecule has 1 heterocycles. The van der Waals surface area contributed by atoms with E-state index in [1.54, 1.807) is 20.2 Å². The Bertz CT molecular complexity index is 1410. The lowest BCUT2D eigenvalue weighted by Gasteiger charge is -2.13. The third kappa shape index (κ3) is 8.33. The lowest BCUT2D eigenvalue weighted by Crippen LogP contribution is -2.16. The SMILES string of the molecule is CCOC(=O)COCCOCCOc1cc(Cc2cc(Oc3ccc(N)c4ccccc34)ccn2)cc(OC)c1. The minimum atomic E-state index is -0.385. The van der Waals surface area contributed by atoms with Crippen molar-refractivity contribution < 1.29 is 33.2 Å². The highest BCUT2D eigenvalue weighted by atomic mass is 16.6. The maximum absolute atomic E-state index is 11.2. The molecule has 0 fully saturated rings. The lowest BCUT2D eigenvalue weighted by atomic mass is 10.1. The van der Waals surface area contributed by atoms with Crippen LogP contribution in [0.3, 0.4) is 0 Å². The number of hydrogen-bond donors (Lipinski definition) is 1. The van der Waals surface area contributed by atoms with Crippen LogP contribution in [0.15, 0.2) is 72.9 Å². The number of aromatic nitrogens is 1. The second-order valence-electron chi connectivity index (χ2n) is 8.80. The van der Waals surface area contributed by atoms with Crippen LogP contribution >= 0.6 is 0 Å². The maximum atomic E-state index is 11.2. The van der Waals surface area contributed by atoms with Crippen molar-refractivity contribution in [3.8, 4) is 23.0 Å². The van der Waals surface area contributed by atoms with E-state index >= 15 is 0 Å². The number of methoxy groups -OCH3 is 1. The van der Waals surface area contributed by atoms with Gasteiger partial charge in [-0.1, -0.05) is 24.3 Å². The second-order valence-corrected chi connectivity index (χ2v) is 8.80. The maximum Gasteiger partial charge on any atom is 0.332 e. The summed E-state index contributed by atoms with van der Waals surface area (Å²) in [6.07, 6.45) is 2.29. The third-order valence-electron chi connectivity index (χ3n) is 5.89. The second kappa shape index (κ2) is 14.7. The summed E-state index contributed by atoms with van der Waals surface area (Å²) in [5.74, 6) is 2.37. The number of rotatable bonds is 15. The van der Waals surface area contributed by atoms with E-state index in [4.69, 9.17) is 34.2 Å². The van der Waals surface area contributed by atoms with Crippen molar-refractivity contribution in [1.29, 1.82) is 0 Å². The van der Waals surface area contributed by atoms with Gasteiger partial charge in [0.1, 0.15) is 36.2 Å². The Hall–Kier alpha value is -4.34. The smallest absolute Gasteiger partial charge is 0.332 e. The Labute approximate surface area is 233 Å². The number of carbonyl (C=O) groups excluding carboxylic acids is 1. The Morgan fingerprint density at radius 2 is 1.62 bits per heavy atom. The largest absolute Gasteiger partial charge is 0.497 e. The predicted octanol–water partition coefficient (Wildman–Crippen LogP) is 5.18. The first-order valence-electron chi connectivity index (χ1n) is 13.1. The Balaban J connectivity index is 1.32. The lowest BCUT2D eigenvalue weighted by molar-refractivity contribution is -0.148. The van der Waals surface area contributed by atoms with Gasteiger partial charge < -0.3 is 34.2 Å². The molecule has 0 saturated heterocycles. The van der Waals surface area contributed by atoms with Crippen molar-refractivity contribution in [2.75, 3.05) is 52.5 Å². The number of fused-ring (bicyclic) bond motifs is 1. The zero-order valence-corrected chi connectivity index (χ0v) is 22.8. The van der Waals surface area contributed by atoms with Crippen molar-refractivity contribution in [2.24, 2.45) is 0 Å². The number of ether oxygens (including phenoxy) is 6. The fourth-order valence-electron chi connectivity index (χ4n) is 4.07. The summed E-state index contributed by atoms with van der Waals surface area (Å²) < 4.78 is 33.1. The highest BCUT2D eigenvalue weighted by molar-refractivity contribution is 5.97. The van der Waals surface area contributed by atoms with Crippen LogP contribution < -0.4 is 19.9 Å². The van der Waals surface area contributed by atoms with Crippen LogP contribution in [0, 0.1) is 0 Å². The van der Waals surface area contributed by atoms with Crippen molar-refractivity contribution >= 4 is 22.4 Å². The molecule has 0 spiro atoms. The molecule has 40 heavy (non-hydrogen) atoms. The first-order valence-corrected chi connectivity index (χ1v) is 13.1. The predicted molar refractivity (Wildman–Crippen MR) is 152 cm³/mol. The summed E-state index contributed by atoms with van der Waals surface area (Å²) in [6, 6.07) is 21.1. The molecule has 0 unspecified atom stereocenters. The molecule has 0 atom stereocenters. The molecule has 0 saturated carbocycles. The highest BCUT2D eigenvalue weighted by Gasteiger charge is 2.09. The van der Waals surface area contributed by atoms with Crippen LogP contribution in [-0.4, -0.2) is 57.7 Å². The number of benzene rings is 3. The molecular weight excluding hydrogens is 512 g/mol. The average molecular weight is 547 g/mol. The molecular formula is C31H34N2O7. The summed E-state index contributed by atoms with van der Waals surface area (Å²) in [4.78, 5) is 15.8. The van der Waals surface area contributed by atoms with Gasteiger partial charge in [-0.25, -0.2) is 4.79 Å². The monoisotopic (exact) mass is 546 g/mol. The number of carbonyl (C=O) groups is 1. The van der Waals surface area contributed by atoms with E-state index < -0.39 is 0 Å². The third-order valence-corrected chi connectivity index (χ3v) is 5.89. The molecule has 4 aromatic rings. The highest BCUT2D eigenvalue weighted by Crippen LogP contribution is 2.33. The molecule has 9 nitrogen and oxygen atoms in total. The number of nitrogen functional groups attached to an aromatic ring is 1. The summed E-state index contributed by atoms with van der Waals surface area (Å²) >= 11 is 0. The molecule has 9 heteroatoms. The molecule has 1 aromatic heterocycles. The van der Waals surface area contributed by atoms with E-state index in [0.717, 1.165) is 27.8 Å². The normalized spacial score (nSPS) is 10.8. The summed E-state index contributed by atoms with van der Waals surface area (Å²) in [7, 11) is 1.62. The number of nitrogens with two attached hydrogens (primary N) is 1. The van der Waals surface area contributed by atoms with Crippen LogP contribution in [0.2, 0.25) is 0 Å². The van der Waals surface area contributed by atoms with Gasteiger partial charge in [0.2, 0.25) is 0 Å². The van der Waals surface area contributed by atoms with Gasteiger partial charge in [0, 0.05) is 46.9 Å². The van der Waals surface area contributed by atoms with Gasteiger partial charge >= 0.3 is 5.97 Å². The van der Waals surface area contributed by atoms with Crippen molar-refractivity contribution in [2.45, 2.75) is 13.3 Å². The number of anilines is 1. The molecule has 0 amide bonds. The van der Waals surface area contributed by atoms with Gasteiger partial charge in [-0.15, -0.1) is 0 Å². The van der Waals surface area contributed by atoms with E-state index in [-0.39, 0.29) is 12.6 Å².